The summed E-state index contributed by atoms with van der Waals surface area (Å²) in [6, 6.07) is 11.1. The minimum atomic E-state index is 0.467. The molecule has 1 aromatic rings. The van der Waals surface area contributed by atoms with Crippen LogP contribution >= 0.6 is 0 Å². The molecule has 1 aliphatic rings. The number of hydrogen-bond donors (Lipinski definition) is 1. The minimum Gasteiger partial charge on any atom is -0.308 e. The number of benzene rings is 1. The van der Waals surface area contributed by atoms with Crippen molar-refractivity contribution in [3.8, 4) is 0 Å². The van der Waals surface area contributed by atoms with Gasteiger partial charge in [-0.3, -0.25) is 4.90 Å². The summed E-state index contributed by atoms with van der Waals surface area (Å²) in [5, 5.41) is 3.57. The van der Waals surface area contributed by atoms with Gasteiger partial charge in [-0.2, -0.15) is 0 Å². The highest BCUT2D eigenvalue weighted by molar-refractivity contribution is 5.20. The third-order valence-electron chi connectivity index (χ3n) is 2.96. The predicted octanol–water partition coefficient (Wildman–Crippen LogP) is 2.21. The normalized spacial score (nSPS) is 21.9. The number of nitrogens with one attached hydrogen (secondary N) is 1. The van der Waals surface area contributed by atoms with E-state index < -0.39 is 0 Å². The second-order valence-corrected chi connectivity index (χ2v) is 4.61. The quantitative estimate of drug-likeness (QED) is 0.779. The van der Waals surface area contributed by atoms with Crippen molar-refractivity contribution in [1.29, 1.82) is 0 Å². The fraction of sp³-hybridized carbons (Fsp3) is 0.429. The van der Waals surface area contributed by atoms with Crippen LogP contribution in [-0.4, -0.2) is 31.1 Å². The van der Waals surface area contributed by atoms with Gasteiger partial charge in [-0.05, 0) is 12.5 Å². The van der Waals surface area contributed by atoms with Crippen LogP contribution in [0.15, 0.2) is 42.5 Å². The van der Waals surface area contributed by atoms with E-state index in [4.69, 9.17) is 0 Å². The zero-order valence-corrected chi connectivity index (χ0v) is 9.95. The number of rotatable bonds is 3. The highest BCUT2D eigenvalue weighted by atomic mass is 15.2. The van der Waals surface area contributed by atoms with Crippen molar-refractivity contribution in [3.63, 3.8) is 0 Å². The predicted molar refractivity (Wildman–Crippen MR) is 68.4 cm³/mol. The molecule has 0 aromatic heterocycles. The van der Waals surface area contributed by atoms with E-state index >= 15 is 0 Å². The maximum absolute atomic E-state index is 3.98. The van der Waals surface area contributed by atoms with Crippen molar-refractivity contribution in [2.24, 2.45) is 0 Å². The standard InChI is InChI=1S/C14H20N2/c1-12(2)10-16-9-8-15-14(11-16)13-6-4-3-5-7-13/h3-7,14-15H,1,8-11H2,2H3. The first-order chi connectivity index (χ1) is 7.75. The van der Waals surface area contributed by atoms with Gasteiger partial charge in [-0.15, -0.1) is 0 Å². The van der Waals surface area contributed by atoms with Gasteiger partial charge in [0.05, 0.1) is 0 Å². The van der Waals surface area contributed by atoms with Crippen LogP contribution in [0, 0.1) is 0 Å². The Kier molecular flexibility index (Phi) is 3.75. The Morgan fingerprint density at radius 1 is 1.44 bits per heavy atom. The molecule has 1 heterocycles. The van der Waals surface area contributed by atoms with Crippen molar-refractivity contribution in [2.75, 3.05) is 26.2 Å². The molecule has 2 nitrogen and oxygen atoms in total. The summed E-state index contributed by atoms with van der Waals surface area (Å²) in [6.07, 6.45) is 0. The molecule has 1 atom stereocenters. The van der Waals surface area contributed by atoms with Crippen molar-refractivity contribution in [3.05, 3.63) is 48.0 Å². The first-order valence-corrected chi connectivity index (χ1v) is 5.91. The van der Waals surface area contributed by atoms with E-state index in [1.54, 1.807) is 0 Å². The molecule has 1 aromatic carbocycles. The van der Waals surface area contributed by atoms with Gasteiger partial charge in [0.2, 0.25) is 0 Å². The lowest BCUT2D eigenvalue weighted by Gasteiger charge is -2.34. The van der Waals surface area contributed by atoms with E-state index in [0.717, 1.165) is 26.2 Å². The molecule has 1 aliphatic heterocycles. The van der Waals surface area contributed by atoms with Crippen LogP contribution < -0.4 is 5.32 Å². The summed E-state index contributed by atoms with van der Waals surface area (Å²) >= 11 is 0. The van der Waals surface area contributed by atoms with Gasteiger partial charge in [-0.25, -0.2) is 0 Å². The highest BCUT2D eigenvalue weighted by Gasteiger charge is 2.19. The molecular weight excluding hydrogens is 196 g/mol. The molecule has 0 radical (unpaired) electrons. The average molecular weight is 216 g/mol. The number of piperazine rings is 1. The summed E-state index contributed by atoms with van der Waals surface area (Å²) < 4.78 is 0. The topological polar surface area (TPSA) is 15.3 Å². The van der Waals surface area contributed by atoms with E-state index in [-0.39, 0.29) is 0 Å². The maximum Gasteiger partial charge on any atom is 0.0449 e. The van der Waals surface area contributed by atoms with Crippen LogP contribution in [0.1, 0.15) is 18.5 Å². The molecule has 0 amide bonds. The molecular formula is C14H20N2. The fourth-order valence-corrected chi connectivity index (χ4v) is 2.24. The van der Waals surface area contributed by atoms with Crippen LogP contribution in [0.4, 0.5) is 0 Å². The SMILES string of the molecule is C=C(C)CN1CCNC(c2ccccc2)C1. The lowest BCUT2D eigenvalue weighted by atomic mass is 10.0. The zero-order valence-electron chi connectivity index (χ0n) is 9.95. The van der Waals surface area contributed by atoms with Crippen molar-refractivity contribution < 1.29 is 0 Å². The molecule has 0 bridgehead atoms. The zero-order chi connectivity index (χ0) is 11.4. The van der Waals surface area contributed by atoms with E-state index in [9.17, 15) is 0 Å². The summed E-state index contributed by atoms with van der Waals surface area (Å²) in [4.78, 5) is 2.47. The van der Waals surface area contributed by atoms with Gasteiger partial charge in [-0.1, -0.05) is 42.5 Å². The van der Waals surface area contributed by atoms with Crippen LogP contribution in [-0.2, 0) is 0 Å². The monoisotopic (exact) mass is 216 g/mol. The largest absolute Gasteiger partial charge is 0.308 e. The second kappa shape index (κ2) is 5.28. The van der Waals surface area contributed by atoms with Crippen LogP contribution in [0.3, 0.4) is 0 Å². The first-order valence-electron chi connectivity index (χ1n) is 5.91. The summed E-state index contributed by atoms with van der Waals surface area (Å²) in [6.45, 7) is 10.4. The van der Waals surface area contributed by atoms with Crippen molar-refractivity contribution in [2.45, 2.75) is 13.0 Å². The lowest BCUT2D eigenvalue weighted by molar-refractivity contribution is 0.215. The molecule has 2 rings (SSSR count). The van der Waals surface area contributed by atoms with Crippen LogP contribution in [0.2, 0.25) is 0 Å². The molecule has 1 unspecified atom stereocenters. The smallest absolute Gasteiger partial charge is 0.0449 e. The molecule has 16 heavy (non-hydrogen) atoms. The summed E-state index contributed by atoms with van der Waals surface area (Å²) in [7, 11) is 0. The molecule has 0 spiro atoms. The maximum atomic E-state index is 3.98. The van der Waals surface area contributed by atoms with E-state index in [0.29, 0.717) is 6.04 Å². The molecule has 1 saturated heterocycles. The Bertz CT molecular complexity index is 345. The van der Waals surface area contributed by atoms with Gasteiger partial charge >= 0.3 is 0 Å². The van der Waals surface area contributed by atoms with Crippen LogP contribution in [0.25, 0.3) is 0 Å². The average Bonchev–Trinajstić information content (AvgIpc) is 2.30. The molecule has 1 fully saturated rings. The third-order valence-corrected chi connectivity index (χ3v) is 2.96. The Balaban J connectivity index is 1.99. The second-order valence-electron chi connectivity index (χ2n) is 4.61. The number of nitrogens with zero attached hydrogens (tertiary/aromatic N) is 1. The Morgan fingerprint density at radius 2 is 2.19 bits per heavy atom. The molecule has 86 valence electrons. The first kappa shape index (κ1) is 11.4. The molecule has 2 heteroatoms. The third kappa shape index (κ3) is 2.94. The summed E-state index contributed by atoms with van der Waals surface area (Å²) in [5.74, 6) is 0. The van der Waals surface area contributed by atoms with E-state index in [1.165, 1.54) is 11.1 Å². The fourth-order valence-electron chi connectivity index (χ4n) is 2.24. The van der Waals surface area contributed by atoms with Gasteiger partial charge < -0.3 is 5.32 Å². The van der Waals surface area contributed by atoms with Gasteiger partial charge in [0.25, 0.3) is 0 Å². The van der Waals surface area contributed by atoms with E-state index in [1.807, 2.05) is 0 Å². The van der Waals surface area contributed by atoms with Gasteiger partial charge in [0.1, 0.15) is 0 Å². The number of hydrogen-bond acceptors (Lipinski definition) is 2. The van der Waals surface area contributed by atoms with Crippen LogP contribution in [0.5, 0.6) is 0 Å². The summed E-state index contributed by atoms with van der Waals surface area (Å²) in [5.41, 5.74) is 2.63. The van der Waals surface area contributed by atoms with Gasteiger partial charge in [0.15, 0.2) is 0 Å². The lowest BCUT2D eigenvalue weighted by Crippen LogP contribution is -2.46. The Hall–Kier alpha value is -1.12. The molecule has 0 saturated carbocycles. The van der Waals surface area contributed by atoms with Crippen molar-refractivity contribution in [1.82, 2.24) is 10.2 Å². The highest BCUT2D eigenvalue weighted by Crippen LogP contribution is 2.17. The molecule has 1 N–H and O–H groups in total. The molecule has 0 aliphatic carbocycles. The Labute approximate surface area is 98.0 Å². The van der Waals surface area contributed by atoms with Crippen molar-refractivity contribution >= 4 is 0 Å². The van der Waals surface area contributed by atoms with E-state index in [2.05, 4.69) is 54.1 Å². The Morgan fingerprint density at radius 3 is 2.88 bits per heavy atom. The minimum absolute atomic E-state index is 0.467. The van der Waals surface area contributed by atoms with Gasteiger partial charge in [0, 0.05) is 32.2 Å².